The lowest BCUT2D eigenvalue weighted by atomic mass is 9.92. The second kappa shape index (κ2) is 9.51. The molecule has 0 saturated carbocycles. The first-order valence-electron chi connectivity index (χ1n) is 11.6. The lowest BCUT2D eigenvalue weighted by molar-refractivity contribution is -0.147. The highest BCUT2D eigenvalue weighted by Gasteiger charge is 2.39. The van der Waals surface area contributed by atoms with E-state index in [1.165, 1.54) is 0 Å². The molecule has 1 amide bonds. The minimum atomic E-state index is -1.14. The number of carboxylic acids is 1. The Labute approximate surface area is 211 Å². The SMILES string of the molecule is CN(C)c1ccc(C2OC(CC(=O)O)C(=O)N(CC(C)(C)C)c3ccc(Cl)cc32)c2ccccc12. The molecule has 0 saturated heterocycles. The summed E-state index contributed by atoms with van der Waals surface area (Å²) in [7, 11) is 3.98. The van der Waals surface area contributed by atoms with Crippen LogP contribution in [0, 0.1) is 5.41 Å². The van der Waals surface area contributed by atoms with Crippen LogP contribution in [0.15, 0.2) is 54.6 Å². The molecule has 0 radical (unpaired) electrons. The standard InChI is InChI=1S/C28H31ClN2O4/c1-28(2,3)16-31-23-12-10-17(29)14-21(23)26(35-24(27(31)34)15-25(32)33)20-11-13-22(30(4)5)19-9-7-6-8-18(19)20/h6-14,24,26H,15-16H2,1-5H3,(H,32,33). The fourth-order valence-electron chi connectivity index (χ4n) is 4.67. The number of carboxylic acid groups (broad SMARTS) is 1. The van der Waals surface area contributed by atoms with Crippen molar-refractivity contribution in [2.24, 2.45) is 5.41 Å². The number of amides is 1. The molecule has 35 heavy (non-hydrogen) atoms. The summed E-state index contributed by atoms with van der Waals surface area (Å²) in [5, 5.41) is 12.1. The molecule has 6 nitrogen and oxygen atoms in total. The molecule has 1 aliphatic rings. The number of ether oxygens (including phenoxy) is 1. The number of rotatable bonds is 5. The molecular weight excluding hydrogens is 464 g/mol. The lowest BCUT2D eigenvalue weighted by Crippen LogP contribution is -2.44. The number of carbonyl (C=O) groups excluding carboxylic acids is 1. The van der Waals surface area contributed by atoms with E-state index in [1.807, 2.05) is 82.2 Å². The van der Waals surface area contributed by atoms with E-state index in [1.54, 1.807) is 11.0 Å². The van der Waals surface area contributed by atoms with Crippen molar-refractivity contribution < 1.29 is 19.4 Å². The zero-order chi connectivity index (χ0) is 25.5. The Hall–Kier alpha value is -3.09. The van der Waals surface area contributed by atoms with Gasteiger partial charge in [-0.05, 0) is 40.6 Å². The van der Waals surface area contributed by atoms with E-state index in [2.05, 4.69) is 6.07 Å². The van der Waals surface area contributed by atoms with Gasteiger partial charge in [0, 0.05) is 48.0 Å². The summed E-state index contributed by atoms with van der Waals surface area (Å²) >= 11 is 6.45. The van der Waals surface area contributed by atoms with Gasteiger partial charge in [0.25, 0.3) is 5.91 Å². The minimum Gasteiger partial charge on any atom is -0.481 e. The molecule has 2 unspecified atom stereocenters. The molecule has 0 fully saturated rings. The van der Waals surface area contributed by atoms with Crippen LogP contribution < -0.4 is 9.80 Å². The molecule has 0 spiro atoms. The van der Waals surface area contributed by atoms with Gasteiger partial charge in [0.2, 0.25) is 0 Å². The van der Waals surface area contributed by atoms with Gasteiger partial charge in [-0.15, -0.1) is 0 Å². The Morgan fingerprint density at radius 1 is 1.06 bits per heavy atom. The van der Waals surface area contributed by atoms with E-state index in [0.717, 1.165) is 27.6 Å². The van der Waals surface area contributed by atoms with Crippen LogP contribution in [0.2, 0.25) is 5.02 Å². The van der Waals surface area contributed by atoms with E-state index < -0.39 is 24.6 Å². The van der Waals surface area contributed by atoms with Gasteiger partial charge in [-0.2, -0.15) is 0 Å². The number of nitrogens with zero attached hydrogens (tertiary/aromatic N) is 2. The molecule has 1 aliphatic heterocycles. The number of hydrogen-bond acceptors (Lipinski definition) is 4. The molecule has 3 aromatic rings. The topological polar surface area (TPSA) is 70.1 Å². The van der Waals surface area contributed by atoms with Crippen molar-refractivity contribution in [3.63, 3.8) is 0 Å². The molecule has 1 heterocycles. The predicted molar refractivity (Wildman–Crippen MR) is 141 cm³/mol. The van der Waals surface area contributed by atoms with Gasteiger partial charge in [-0.1, -0.05) is 62.7 Å². The number of benzene rings is 3. The first kappa shape index (κ1) is 25.0. The van der Waals surface area contributed by atoms with Crippen LogP contribution in [-0.4, -0.2) is 43.7 Å². The van der Waals surface area contributed by atoms with E-state index in [4.69, 9.17) is 16.3 Å². The number of fused-ring (bicyclic) bond motifs is 2. The van der Waals surface area contributed by atoms with Gasteiger partial charge in [0.05, 0.1) is 6.42 Å². The molecule has 2 atom stereocenters. The first-order valence-corrected chi connectivity index (χ1v) is 12.0. The minimum absolute atomic E-state index is 0.222. The molecule has 0 aromatic heterocycles. The fourth-order valence-corrected chi connectivity index (χ4v) is 4.85. The van der Waals surface area contributed by atoms with Crippen molar-refractivity contribution in [2.45, 2.75) is 39.4 Å². The third kappa shape index (κ3) is 5.14. The van der Waals surface area contributed by atoms with Crippen LogP contribution in [0.5, 0.6) is 0 Å². The highest BCUT2D eigenvalue weighted by molar-refractivity contribution is 6.30. The van der Waals surface area contributed by atoms with Crippen molar-refractivity contribution in [3.8, 4) is 0 Å². The van der Waals surface area contributed by atoms with E-state index in [0.29, 0.717) is 17.3 Å². The van der Waals surface area contributed by atoms with Crippen molar-refractivity contribution in [3.05, 3.63) is 70.7 Å². The first-order chi connectivity index (χ1) is 16.5. The monoisotopic (exact) mass is 494 g/mol. The Morgan fingerprint density at radius 3 is 2.37 bits per heavy atom. The van der Waals surface area contributed by atoms with Crippen LogP contribution in [-0.2, 0) is 14.3 Å². The molecule has 0 aliphatic carbocycles. The summed E-state index contributed by atoms with van der Waals surface area (Å²) < 4.78 is 6.41. The van der Waals surface area contributed by atoms with Crippen LogP contribution in [0.25, 0.3) is 10.8 Å². The maximum atomic E-state index is 13.7. The van der Waals surface area contributed by atoms with E-state index >= 15 is 0 Å². The summed E-state index contributed by atoms with van der Waals surface area (Å²) in [6.45, 7) is 6.53. The van der Waals surface area contributed by atoms with Crippen LogP contribution in [0.4, 0.5) is 11.4 Å². The van der Waals surface area contributed by atoms with Gasteiger partial charge in [-0.3, -0.25) is 9.59 Å². The van der Waals surface area contributed by atoms with Crippen LogP contribution in [0.1, 0.15) is 44.4 Å². The van der Waals surface area contributed by atoms with Crippen molar-refractivity contribution >= 4 is 45.6 Å². The number of halogens is 1. The summed E-state index contributed by atoms with van der Waals surface area (Å²) in [5.41, 5.74) is 3.12. The molecule has 7 heteroatoms. The van der Waals surface area contributed by atoms with Crippen molar-refractivity contribution in [2.75, 3.05) is 30.4 Å². The number of anilines is 2. The maximum Gasteiger partial charge on any atom is 0.306 e. The Bertz CT molecular complexity index is 1280. The number of hydrogen-bond donors (Lipinski definition) is 1. The second-order valence-electron chi connectivity index (χ2n) is 10.4. The Morgan fingerprint density at radius 2 is 1.74 bits per heavy atom. The molecule has 184 valence electrons. The third-order valence-electron chi connectivity index (χ3n) is 6.10. The van der Waals surface area contributed by atoms with Gasteiger partial charge < -0.3 is 19.6 Å². The van der Waals surface area contributed by atoms with Crippen LogP contribution >= 0.6 is 11.6 Å². The third-order valence-corrected chi connectivity index (χ3v) is 6.33. The highest BCUT2D eigenvalue weighted by atomic mass is 35.5. The summed E-state index contributed by atoms with van der Waals surface area (Å²) in [6.07, 6.45) is -2.24. The Balaban J connectivity index is 1.98. The van der Waals surface area contributed by atoms with Gasteiger partial charge in [0.15, 0.2) is 0 Å². The molecule has 4 rings (SSSR count). The quantitative estimate of drug-likeness (QED) is 0.478. The Kier molecular flexibility index (Phi) is 6.80. The summed E-state index contributed by atoms with van der Waals surface area (Å²) in [4.78, 5) is 29.1. The van der Waals surface area contributed by atoms with Gasteiger partial charge >= 0.3 is 5.97 Å². The lowest BCUT2D eigenvalue weighted by Gasteiger charge is -2.31. The van der Waals surface area contributed by atoms with E-state index in [9.17, 15) is 14.7 Å². The zero-order valence-electron chi connectivity index (χ0n) is 20.7. The average Bonchev–Trinajstić information content (AvgIpc) is 2.87. The maximum absolute atomic E-state index is 13.7. The fraction of sp³-hybridized carbons (Fsp3) is 0.357. The normalized spacial score (nSPS) is 18.3. The predicted octanol–water partition coefficient (Wildman–Crippen LogP) is 5.90. The molecule has 1 N–H and O–H groups in total. The highest BCUT2D eigenvalue weighted by Crippen LogP contribution is 2.43. The second-order valence-corrected chi connectivity index (χ2v) is 10.8. The largest absolute Gasteiger partial charge is 0.481 e. The average molecular weight is 495 g/mol. The van der Waals surface area contributed by atoms with Crippen LogP contribution in [0.3, 0.4) is 0 Å². The molecule has 0 bridgehead atoms. The van der Waals surface area contributed by atoms with Crippen molar-refractivity contribution in [1.29, 1.82) is 0 Å². The molecular formula is C28H31ClN2O4. The van der Waals surface area contributed by atoms with Crippen molar-refractivity contribution in [1.82, 2.24) is 0 Å². The number of aliphatic carboxylic acids is 1. The smallest absolute Gasteiger partial charge is 0.306 e. The summed E-state index contributed by atoms with van der Waals surface area (Å²) in [6, 6.07) is 17.5. The van der Waals surface area contributed by atoms with Gasteiger partial charge in [0.1, 0.15) is 12.2 Å². The van der Waals surface area contributed by atoms with E-state index in [-0.39, 0.29) is 11.3 Å². The zero-order valence-corrected chi connectivity index (χ0v) is 21.5. The molecule has 3 aromatic carbocycles. The van der Waals surface area contributed by atoms with Gasteiger partial charge in [-0.25, -0.2) is 0 Å². The number of carbonyl (C=O) groups is 2. The summed E-state index contributed by atoms with van der Waals surface area (Å²) in [5.74, 6) is -1.45.